The Morgan fingerprint density at radius 1 is 1.29 bits per heavy atom. The number of carboxylic acid groups (broad SMARTS) is 1. The molecule has 0 spiro atoms. The predicted octanol–water partition coefficient (Wildman–Crippen LogP) is -0.0763. The van der Waals surface area contributed by atoms with Gasteiger partial charge in [-0.25, -0.2) is 4.79 Å². The van der Waals surface area contributed by atoms with E-state index in [-0.39, 0.29) is 0 Å². The standard InChI is InChI=1S/C7H14N2O.C2HF3O2/c1-3-10-4-2-9(1)7-5-8-6-7;3-2(4,5)1(6)7/h7-8H,1-6H2;(H,6,7). The summed E-state index contributed by atoms with van der Waals surface area (Å²) in [5.74, 6) is -2.76. The molecule has 2 aliphatic heterocycles. The third-order valence-corrected chi connectivity index (χ3v) is 2.56. The van der Waals surface area contributed by atoms with Crippen molar-refractivity contribution in [3.05, 3.63) is 0 Å². The van der Waals surface area contributed by atoms with E-state index in [1.807, 2.05) is 0 Å². The van der Waals surface area contributed by atoms with E-state index in [2.05, 4.69) is 10.2 Å². The molecule has 2 saturated heterocycles. The molecule has 0 aromatic rings. The van der Waals surface area contributed by atoms with Crippen LogP contribution in [0.15, 0.2) is 0 Å². The summed E-state index contributed by atoms with van der Waals surface area (Å²) in [5, 5.41) is 10.4. The topological polar surface area (TPSA) is 61.8 Å². The van der Waals surface area contributed by atoms with Gasteiger partial charge in [-0.05, 0) is 0 Å². The Bertz CT molecular complexity index is 250. The van der Waals surface area contributed by atoms with Crippen LogP contribution in [0.25, 0.3) is 0 Å². The molecule has 17 heavy (non-hydrogen) atoms. The summed E-state index contributed by atoms with van der Waals surface area (Å²) in [6.07, 6.45) is -5.08. The molecule has 5 nitrogen and oxygen atoms in total. The van der Waals surface area contributed by atoms with Gasteiger partial charge in [0, 0.05) is 32.2 Å². The molecule has 0 radical (unpaired) electrons. The molecule has 100 valence electrons. The Morgan fingerprint density at radius 3 is 2.06 bits per heavy atom. The molecule has 2 aliphatic rings. The van der Waals surface area contributed by atoms with Gasteiger partial charge in [-0.15, -0.1) is 0 Å². The van der Waals surface area contributed by atoms with Crippen LogP contribution in [0.3, 0.4) is 0 Å². The first-order valence-electron chi connectivity index (χ1n) is 5.24. The Hall–Kier alpha value is -0.860. The minimum Gasteiger partial charge on any atom is -0.475 e. The lowest BCUT2D eigenvalue weighted by atomic mass is 10.1. The molecule has 2 N–H and O–H groups in total. The molecule has 0 amide bonds. The van der Waals surface area contributed by atoms with Crippen LogP contribution in [-0.2, 0) is 9.53 Å². The van der Waals surface area contributed by atoms with Crippen molar-refractivity contribution in [2.45, 2.75) is 12.2 Å². The van der Waals surface area contributed by atoms with Crippen molar-refractivity contribution >= 4 is 5.97 Å². The van der Waals surface area contributed by atoms with Crippen LogP contribution in [0.5, 0.6) is 0 Å². The highest BCUT2D eigenvalue weighted by molar-refractivity contribution is 5.73. The third-order valence-electron chi connectivity index (χ3n) is 2.56. The van der Waals surface area contributed by atoms with Crippen LogP contribution in [0, 0.1) is 0 Å². The molecule has 0 aromatic carbocycles. The normalized spacial score (nSPS) is 22.3. The molecular formula is C9H15F3N2O3. The zero-order valence-electron chi connectivity index (χ0n) is 9.16. The first kappa shape index (κ1) is 14.2. The number of aliphatic carboxylic acids is 1. The zero-order chi connectivity index (χ0) is 12.9. The van der Waals surface area contributed by atoms with Gasteiger partial charge in [-0.3, -0.25) is 4.90 Å². The summed E-state index contributed by atoms with van der Waals surface area (Å²) in [6.45, 7) is 6.48. The largest absolute Gasteiger partial charge is 0.490 e. The third kappa shape index (κ3) is 4.88. The predicted molar refractivity (Wildman–Crippen MR) is 52.7 cm³/mol. The lowest BCUT2D eigenvalue weighted by Crippen LogP contribution is -2.59. The van der Waals surface area contributed by atoms with E-state index in [1.165, 1.54) is 13.1 Å². The van der Waals surface area contributed by atoms with Gasteiger partial charge < -0.3 is 15.2 Å². The van der Waals surface area contributed by atoms with E-state index in [9.17, 15) is 13.2 Å². The maximum Gasteiger partial charge on any atom is 0.490 e. The quantitative estimate of drug-likeness (QED) is 0.687. The second kappa shape index (κ2) is 6.18. The van der Waals surface area contributed by atoms with Crippen molar-refractivity contribution < 1.29 is 27.8 Å². The van der Waals surface area contributed by atoms with Crippen LogP contribution < -0.4 is 5.32 Å². The number of rotatable bonds is 1. The molecule has 0 aromatic heterocycles. The van der Waals surface area contributed by atoms with Gasteiger partial charge in [0.25, 0.3) is 0 Å². The molecule has 0 atom stereocenters. The fourth-order valence-corrected chi connectivity index (χ4v) is 1.47. The van der Waals surface area contributed by atoms with E-state index in [1.54, 1.807) is 0 Å². The Labute approximate surface area is 96.5 Å². The summed E-state index contributed by atoms with van der Waals surface area (Å²) >= 11 is 0. The Kier molecular flexibility index (Phi) is 5.16. The van der Waals surface area contributed by atoms with Gasteiger partial charge >= 0.3 is 12.1 Å². The van der Waals surface area contributed by atoms with Gasteiger partial charge in [0.15, 0.2) is 0 Å². The van der Waals surface area contributed by atoms with Gasteiger partial charge in [0.1, 0.15) is 0 Å². The number of hydrogen-bond acceptors (Lipinski definition) is 4. The molecular weight excluding hydrogens is 241 g/mol. The maximum atomic E-state index is 10.6. The summed E-state index contributed by atoms with van der Waals surface area (Å²) in [6, 6.07) is 0.809. The fourth-order valence-electron chi connectivity index (χ4n) is 1.47. The lowest BCUT2D eigenvalue weighted by molar-refractivity contribution is -0.192. The second-order valence-corrected chi connectivity index (χ2v) is 3.76. The lowest BCUT2D eigenvalue weighted by Gasteiger charge is -2.40. The number of hydrogen-bond donors (Lipinski definition) is 2. The summed E-state index contributed by atoms with van der Waals surface area (Å²) in [7, 11) is 0. The number of carbonyl (C=O) groups is 1. The molecule has 0 aliphatic carbocycles. The van der Waals surface area contributed by atoms with Crippen LogP contribution in [0.4, 0.5) is 13.2 Å². The number of carboxylic acids is 1. The number of halogens is 3. The molecule has 0 saturated carbocycles. The number of nitrogens with zero attached hydrogens (tertiary/aromatic N) is 1. The van der Waals surface area contributed by atoms with Crippen molar-refractivity contribution in [3.8, 4) is 0 Å². The SMILES string of the molecule is C1CN(C2CNC2)CCO1.O=C(O)C(F)(F)F. The van der Waals surface area contributed by atoms with Crippen molar-refractivity contribution in [1.82, 2.24) is 10.2 Å². The van der Waals surface area contributed by atoms with Crippen LogP contribution in [0.2, 0.25) is 0 Å². The average molecular weight is 256 g/mol. The smallest absolute Gasteiger partial charge is 0.475 e. The minimum atomic E-state index is -5.08. The molecule has 0 unspecified atom stereocenters. The Morgan fingerprint density at radius 2 is 1.76 bits per heavy atom. The number of ether oxygens (including phenoxy) is 1. The number of nitrogens with one attached hydrogen (secondary N) is 1. The maximum absolute atomic E-state index is 10.6. The highest BCUT2D eigenvalue weighted by atomic mass is 19.4. The number of morpholine rings is 1. The average Bonchev–Trinajstić information content (AvgIpc) is 2.16. The van der Waals surface area contributed by atoms with E-state index >= 15 is 0 Å². The Balaban J connectivity index is 0.000000185. The van der Waals surface area contributed by atoms with Crippen LogP contribution >= 0.6 is 0 Å². The van der Waals surface area contributed by atoms with E-state index in [0.29, 0.717) is 0 Å². The summed E-state index contributed by atoms with van der Waals surface area (Å²) in [4.78, 5) is 11.4. The molecule has 2 heterocycles. The zero-order valence-corrected chi connectivity index (χ0v) is 9.16. The van der Waals surface area contributed by atoms with Gasteiger partial charge in [0.2, 0.25) is 0 Å². The van der Waals surface area contributed by atoms with E-state index in [0.717, 1.165) is 32.3 Å². The first-order chi connectivity index (χ1) is 7.91. The fraction of sp³-hybridized carbons (Fsp3) is 0.889. The van der Waals surface area contributed by atoms with Crippen molar-refractivity contribution in [2.24, 2.45) is 0 Å². The second-order valence-electron chi connectivity index (χ2n) is 3.76. The van der Waals surface area contributed by atoms with Crippen molar-refractivity contribution in [2.75, 3.05) is 39.4 Å². The summed E-state index contributed by atoms with van der Waals surface area (Å²) < 4.78 is 37.0. The summed E-state index contributed by atoms with van der Waals surface area (Å²) in [5.41, 5.74) is 0. The van der Waals surface area contributed by atoms with Gasteiger partial charge in [-0.1, -0.05) is 0 Å². The van der Waals surface area contributed by atoms with Gasteiger partial charge in [-0.2, -0.15) is 13.2 Å². The van der Waals surface area contributed by atoms with E-state index in [4.69, 9.17) is 14.6 Å². The minimum absolute atomic E-state index is 0.809. The molecule has 2 rings (SSSR count). The van der Waals surface area contributed by atoms with Crippen molar-refractivity contribution in [3.63, 3.8) is 0 Å². The molecule has 2 fully saturated rings. The monoisotopic (exact) mass is 256 g/mol. The molecule has 8 heteroatoms. The number of alkyl halides is 3. The highest BCUT2D eigenvalue weighted by Gasteiger charge is 2.38. The van der Waals surface area contributed by atoms with Gasteiger partial charge in [0.05, 0.1) is 13.2 Å². The molecule has 0 bridgehead atoms. The van der Waals surface area contributed by atoms with Crippen molar-refractivity contribution in [1.29, 1.82) is 0 Å². The highest BCUT2D eigenvalue weighted by Crippen LogP contribution is 2.13. The first-order valence-corrected chi connectivity index (χ1v) is 5.24. The van der Waals surface area contributed by atoms with Crippen LogP contribution in [-0.4, -0.2) is 67.6 Å². The van der Waals surface area contributed by atoms with E-state index < -0.39 is 12.1 Å². The van der Waals surface area contributed by atoms with Crippen LogP contribution in [0.1, 0.15) is 0 Å².